The number of hydrogen-bond donors (Lipinski definition) is 0. The van der Waals surface area contributed by atoms with Crippen LogP contribution >= 0.6 is 0 Å². The van der Waals surface area contributed by atoms with Crippen LogP contribution in [0.1, 0.15) is 332 Å². The molecule has 0 bridgehead atoms. The zero-order valence-corrected chi connectivity index (χ0v) is 58.8. The summed E-state index contributed by atoms with van der Waals surface area (Å²) in [5.41, 5.74) is 4.20. The molecule has 4 aromatic carbocycles. The predicted octanol–water partition coefficient (Wildman–Crippen LogP) is 22.5. The zero-order valence-electron chi connectivity index (χ0n) is 52.7. The molecule has 81 heavy (non-hydrogen) atoms. The number of hydrogen-bond acceptors (Lipinski definition) is 6. The van der Waals surface area contributed by atoms with E-state index in [9.17, 15) is 25.9 Å². The summed E-state index contributed by atoms with van der Waals surface area (Å²) in [5.74, 6) is 0. The van der Waals surface area contributed by atoms with Crippen molar-refractivity contribution in [2.45, 2.75) is 346 Å². The average Bonchev–Trinajstić information content (AvgIpc) is 3.48. The number of unbranched alkanes of at least 4 members (excludes halogenated alkanes) is 40. The molecule has 9 heteroatoms. The number of rotatable bonds is 50. The molecule has 0 radical (unpaired) electrons. The van der Waals surface area contributed by atoms with Crippen molar-refractivity contribution >= 4 is 90.7 Å². The van der Waals surface area contributed by atoms with Crippen molar-refractivity contribution < 1.29 is 25.9 Å². The van der Waals surface area contributed by atoms with E-state index in [0.717, 1.165) is 97.2 Å². The van der Waals surface area contributed by atoms with Crippen LogP contribution in [0.4, 0.5) is 0 Å². The maximum Gasteiger partial charge on any atom is 2.00 e. The van der Waals surface area contributed by atoms with Gasteiger partial charge in [-0.2, -0.15) is 0 Å². The summed E-state index contributed by atoms with van der Waals surface area (Å²) in [6.07, 6.45) is 60.8. The molecule has 0 N–H and O–H groups in total. The van der Waals surface area contributed by atoms with E-state index in [-0.39, 0.29) is 58.7 Å². The molecule has 0 aliphatic rings. The van der Waals surface area contributed by atoms with E-state index in [2.05, 4.69) is 52.0 Å². The van der Waals surface area contributed by atoms with E-state index in [1.54, 1.807) is 12.1 Å². The van der Waals surface area contributed by atoms with E-state index in [1.165, 1.54) is 244 Å². The second-order valence-corrected chi connectivity index (χ2v) is 27.0. The minimum Gasteiger partial charge on any atom is -0.744 e. The molecule has 4 aromatic rings. The van der Waals surface area contributed by atoms with E-state index in [0.29, 0.717) is 10.8 Å². The molecule has 0 aliphatic heterocycles. The zero-order chi connectivity index (χ0) is 57.8. The molecule has 0 heterocycles. The Kier molecular flexibility index (Phi) is 45.8. The van der Waals surface area contributed by atoms with Crippen LogP contribution in [0.3, 0.4) is 0 Å². The molecule has 0 aliphatic carbocycles. The standard InChI is InChI=1S/2C36H60O3S.Ba/c2*1-3-5-7-9-11-13-15-17-19-21-23-25-32-27-28-34-29-33(31-36(35(34)30-32)40(37,38)39)26-24-22-20-18-16-14-12-10-8-6-4-2;/h2*27-31H,3-26H2,1-2H3,(H,37,38,39);/q;;+2/p-2. The quantitative estimate of drug-likeness (QED) is 0.0247. The summed E-state index contributed by atoms with van der Waals surface area (Å²) in [5, 5.41) is 2.94. The summed E-state index contributed by atoms with van der Waals surface area (Å²) in [7, 11) is -9.04. The van der Waals surface area contributed by atoms with Crippen molar-refractivity contribution in [3.8, 4) is 0 Å². The molecule has 0 aromatic heterocycles. The Morgan fingerprint density at radius 1 is 0.259 bits per heavy atom. The second kappa shape index (κ2) is 48.9. The Morgan fingerprint density at radius 3 is 0.667 bits per heavy atom. The SMILES string of the molecule is CCCCCCCCCCCCCc1cc(S(=O)(=O)[O-])c2cc(CCCCCCCCCCCCC)ccc2c1.CCCCCCCCCCCCCc1cc(S(=O)(=O)[O-])c2cc(CCCCCCCCCCCCC)ccc2c1.[Ba+2]. The molecule has 6 nitrogen and oxygen atoms in total. The van der Waals surface area contributed by atoms with Crippen molar-refractivity contribution in [1.29, 1.82) is 0 Å². The van der Waals surface area contributed by atoms with Crippen molar-refractivity contribution in [2.24, 2.45) is 0 Å². The van der Waals surface area contributed by atoms with Crippen LogP contribution in [0.5, 0.6) is 0 Å². The largest absolute Gasteiger partial charge is 2.00 e. The third kappa shape index (κ3) is 36.5. The average molecular weight is 1280 g/mol. The Bertz CT molecular complexity index is 2230. The van der Waals surface area contributed by atoms with Gasteiger partial charge in [0, 0.05) is 0 Å². The molecule has 0 saturated heterocycles. The first-order valence-corrected chi connectivity index (χ1v) is 36.8. The third-order valence-corrected chi connectivity index (χ3v) is 18.6. The minimum atomic E-state index is -4.52. The van der Waals surface area contributed by atoms with Crippen LogP contribution in [0, 0.1) is 0 Å². The Balaban J connectivity index is 0.000000547. The van der Waals surface area contributed by atoms with Gasteiger partial charge in [-0.15, -0.1) is 0 Å². The Labute approximate surface area is 540 Å². The summed E-state index contributed by atoms with van der Waals surface area (Å²) >= 11 is 0. The van der Waals surface area contributed by atoms with Gasteiger partial charge in [-0.3, -0.25) is 0 Å². The first-order valence-electron chi connectivity index (χ1n) is 33.9. The van der Waals surface area contributed by atoms with Gasteiger partial charge in [-0.1, -0.05) is 321 Å². The fourth-order valence-corrected chi connectivity index (χ4v) is 13.3. The van der Waals surface area contributed by atoms with E-state index >= 15 is 0 Å². The van der Waals surface area contributed by atoms with Crippen LogP contribution in [0.25, 0.3) is 21.5 Å². The maximum atomic E-state index is 12.2. The molecule has 0 saturated carbocycles. The number of benzene rings is 4. The molecule has 0 spiro atoms. The normalized spacial score (nSPS) is 11.8. The third-order valence-electron chi connectivity index (χ3n) is 16.9. The first kappa shape index (κ1) is 75.9. The van der Waals surface area contributed by atoms with Crippen LogP contribution in [-0.4, -0.2) is 74.8 Å². The topological polar surface area (TPSA) is 114 Å². The Morgan fingerprint density at radius 2 is 0.457 bits per heavy atom. The van der Waals surface area contributed by atoms with Gasteiger partial charge in [-0.05, 0) is 119 Å². The van der Waals surface area contributed by atoms with Crippen molar-refractivity contribution in [3.05, 3.63) is 82.9 Å². The molecular formula is C72H118BaO6S2. The van der Waals surface area contributed by atoms with Gasteiger partial charge in [0.05, 0.1) is 9.79 Å². The van der Waals surface area contributed by atoms with E-state index in [1.807, 2.05) is 24.3 Å². The monoisotopic (exact) mass is 1280 g/mol. The number of aryl methyl sites for hydroxylation is 4. The van der Waals surface area contributed by atoms with Gasteiger partial charge < -0.3 is 9.11 Å². The smallest absolute Gasteiger partial charge is 0.744 e. The van der Waals surface area contributed by atoms with Crippen molar-refractivity contribution in [3.63, 3.8) is 0 Å². The minimum absolute atomic E-state index is 0. The molecule has 0 unspecified atom stereocenters. The summed E-state index contributed by atoms with van der Waals surface area (Å²) in [4.78, 5) is -0.0762. The number of fused-ring (bicyclic) bond motifs is 2. The van der Waals surface area contributed by atoms with Crippen LogP contribution in [0.2, 0.25) is 0 Å². The fraction of sp³-hybridized carbons (Fsp3) is 0.722. The molecule has 456 valence electrons. The van der Waals surface area contributed by atoms with Crippen LogP contribution in [-0.2, 0) is 45.9 Å². The molecule has 0 fully saturated rings. The predicted molar refractivity (Wildman–Crippen MR) is 350 cm³/mol. The van der Waals surface area contributed by atoms with Crippen LogP contribution in [0.15, 0.2) is 70.5 Å². The van der Waals surface area contributed by atoms with Crippen LogP contribution < -0.4 is 0 Å². The summed E-state index contributed by atoms with van der Waals surface area (Å²) in [6.45, 7) is 9.04. The van der Waals surface area contributed by atoms with E-state index < -0.39 is 20.2 Å². The van der Waals surface area contributed by atoms with Crippen molar-refractivity contribution in [1.82, 2.24) is 0 Å². The second-order valence-electron chi connectivity index (χ2n) is 24.3. The van der Waals surface area contributed by atoms with Gasteiger partial charge in [-0.25, -0.2) is 16.8 Å². The molecule has 4 rings (SSSR count). The molecule has 0 atom stereocenters. The van der Waals surface area contributed by atoms with Gasteiger partial charge >= 0.3 is 48.9 Å². The molecular weight excluding hydrogens is 1160 g/mol. The van der Waals surface area contributed by atoms with Gasteiger partial charge in [0.25, 0.3) is 0 Å². The maximum absolute atomic E-state index is 12.2. The van der Waals surface area contributed by atoms with Gasteiger partial charge in [0.1, 0.15) is 20.2 Å². The fourth-order valence-electron chi connectivity index (χ4n) is 11.8. The van der Waals surface area contributed by atoms with E-state index in [4.69, 9.17) is 0 Å². The summed E-state index contributed by atoms with van der Waals surface area (Å²) < 4.78 is 73.0. The Hall–Kier alpha value is -1.21. The molecule has 0 amide bonds. The van der Waals surface area contributed by atoms with Gasteiger partial charge in [0.2, 0.25) is 0 Å². The van der Waals surface area contributed by atoms with Gasteiger partial charge in [0.15, 0.2) is 0 Å². The van der Waals surface area contributed by atoms with Crippen molar-refractivity contribution in [2.75, 3.05) is 0 Å². The first-order chi connectivity index (χ1) is 38.9. The summed E-state index contributed by atoms with van der Waals surface area (Å²) in [6, 6.07) is 19.6.